The first kappa shape index (κ1) is 19.2. The smallest absolute Gasteiger partial charge is 0.380 e. The number of rotatable bonds is 6. The molecule has 150 valence electrons. The third kappa shape index (κ3) is 3.72. The molecule has 0 saturated carbocycles. The van der Waals surface area contributed by atoms with Crippen molar-refractivity contribution in [3.05, 3.63) is 77.7 Å². The molecule has 0 radical (unpaired) electrons. The quantitative estimate of drug-likeness (QED) is 0.274. The number of Topliss-reactive ketones (excluding diaryl/α,β-unsaturated/α-hetero) is 1. The minimum Gasteiger partial charge on any atom is -0.450 e. The Morgan fingerprint density at radius 1 is 1.10 bits per heavy atom. The number of hydrogen-bond acceptors (Lipinski definition) is 8. The number of carbonyl (C=O) groups is 2. The molecule has 0 amide bonds. The molecule has 30 heavy (non-hydrogen) atoms. The van der Waals surface area contributed by atoms with Crippen molar-refractivity contribution < 1.29 is 18.8 Å². The summed E-state index contributed by atoms with van der Waals surface area (Å²) in [6.45, 7) is 3.08. The minimum absolute atomic E-state index is 0.0726. The first-order valence-electron chi connectivity index (χ1n) is 9.10. The molecule has 4 rings (SSSR count). The zero-order valence-corrected chi connectivity index (χ0v) is 16.3. The molecule has 0 N–H and O–H groups in total. The Hall–Kier alpha value is -4.14. The van der Waals surface area contributed by atoms with Gasteiger partial charge in [0.25, 0.3) is 11.7 Å². The monoisotopic (exact) mass is 403 g/mol. The van der Waals surface area contributed by atoms with Gasteiger partial charge in [0, 0.05) is 18.0 Å². The highest BCUT2D eigenvalue weighted by Crippen LogP contribution is 2.19. The van der Waals surface area contributed by atoms with Gasteiger partial charge in [0.15, 0.2) is 6.61 Å². The number of aryl methyl sites for hydroxylation is 1. The fourth-order valence-corrected chi connectivity index (χ4v) is 3.01. The van der Waals surface area contributed by atoms with E-state index < -0.39 is 11.8 Å². The Kier molecular flexibility index (Phi) is 5.17. The van der Waals surface area contributed by atoms with E-state index in [2.05, 4.69) is 20.2 Å². The second-order valence-corrected chi connectivity index (χ2v) is 6.45. The van der Waals surface area contributed by atoms with E-state index in [4.69, 9.17) is 9.26 Å². The van der Waals surface area contributed by atoms with Crippen LogP contribution in [0.4, 0.5) is 0 Å². The topological polar surface area (TPSA) is 113 Å². The maximum absolute atomic E-state index is 12.7. The van der Waals surface area contributed by atoms with Gasteiger partial charge in [-0.3, -0.25) is 9.78 Å². The van der Waals surface area contributed by atoms with Gasteiger partial charge in [0.05, 0.1) is 22.6 Å². The summed E-state index contributed by atoms with van der Waals surface area (Å²) in [7, 11) is 0. The highest BCUT2D eigenvalue weighted by atomic mass is 16.6. The summed E-state index contributed by atoms with van der Waals surface area (Å²) in [4.78, 5) is 33.1. The second kappa shape index (κ2) is 8.08. The van der Waals surface area contributed by atoms with Crippen LogP contribution in [0.1, 0.15) is 27.6 Å². The average molecular weight is 403 g/mol. The average Bonchev–Trinajstić information content (AvgIpc) is 3.37. The Labute approximate surface area is 171 Å². The molecule has 0 saturated heterocycles. The van der Waals surface area contributed by atoms with Crippen LogP contribution in [0.25, 0.3) is 17.1 Å². The number of ether oxygens (including phenoxy) is 1. The number of esters is 1. The molecule has 9 heteroatoms. The fourth-order valence-electron chi connectivity index (χ4n) is 3.01. The molecule has 0 aliphatic rings. The number of para-hydroxylation sites is 1. The maximum Gasteiger partial charge on any atom is 0.380 e. The van der Waals surface area contributed by atoms with E-state index in [0.29, 0.717) is 22.8 Å². The SMILES string of the molecule is Cc1nn(-c2ccccc2)c(C)c1C(=O)C(=O)OCc1nc(-c2cccnc2)no1. The van der Waals surface area contributed by atoms with Crippen molar-refractivity contribution in [2.24, 2.45) is 0 Å². The number of benzene rings is 1. The zero-order chi connectivity index (χ0) is 21.1. The molecule has 1 aromatic carbocycles. The van der Waals surface area contributed by atoms with Gasteiger partial charge in [0.1, 0.15) is 0 Å². The van der Waals surface area contributed by atoms with Crippen LogP contribution in [0.2, 0.25) is 0 Å². The van der Waals surface area contributed by atoms with E-state index in [0.717, 1.165) is 5.69 Å². The highest BCUT2D eigenvalue weighted by molar-refractivity contribution is 6.41. The molecule has 0 atom stereocenters. The highest BCUT2D eigenvalue weighted by Gasteiger charge is 2.27. The van der Waals surface area contributed by atoms with Crippen molar-refractivity contribution in [1.29, 1.82) is 0 Å². The first-order chi connectivity index (χ1) is 14.5. The molecule has 3 heterocycles. The number of aromatic nitrogens is 5. The lowest BCUT2D eigenvalue weighted by Gasteiger charge is -2.05. The predicted molar refractivity (Wildman–Crippen MR) is 105 cm³/mol. The molecule has 0 aliphatic carbocycles. The maximum atomic E-state index is 12.7. The van der Waals surface area contributed by atoms with Gasteiger partial charge in [-0.1, -0.05) is 23.4 Å². The number of carbonyl (C=O) groups excluding carboxylic acids is 2. The molecule has 0 unspecified atom stereocenters. The summed E-state index contributed by atoms with van der Waals surface area (Å²) >= 11 is 0. The van der Waals surface area contributed by atoms with Crippen LogP contribution in [-0.4, -0.2) is 36.7 Å². The fraction of sp³-hybridized carbons (Fsp3) is 0.143. The lowest BCUT2D eigenvalue weighted by atomic mass is 10.1. The van der Waals surface area contributed by atoms with Crippen molar-refractivity contribution in [2.75, 3.05) is 0 Å². The molecule has 0 bridgehead atoms. The van der Waals surface area contributed by atoms with E-state index in [1.54, 1.807) is 43.1 Å². The van der Waals surface area contributed by atoms with Gasteiger partial charge in [-0.25, -0.2) is 9.48 Å². The van der Waals surface area contributed by atoms with Crippen LogP contribution in [0.5, 0.6) is 0 Å². The molecule has 0 aliphatic heterocycles. The standard InChI is InChI=1S/C21H17N5O4/c1-13-18(14(2)26(24-13)16-8-4-3-5-9-16)19(27)21(28)29-12-17-23-20(25-30-17)15-7-6-10-22-11-15/h3-11H,12H2,1-2H3. The third-order valence-corrected chi connectivity index (χ3v) is 4.42. The Morgan fingerprint density at radius 3 is 2.63 bits per heavy atom. The molecule has 0 fully saturated rings. The minimum atomic E-state index is -1.02. The molecular formula is C21H17N5O4. The van der Waals surface area contributed by atoms with Crippen molar-refractivity contribution in [3.8, 4) is 17.1 Å². The van der Waals surface area contributed by atoms with E-state index in [1.165, 1.54) is 0 Å². The van der Waals surface area contributed by atoms with Crippen LogP contribution in [0, 0.1) is 13.8 Å². The van der Waals surface area contributed by atoms with Crippen molar-refractivity contribution >= 4 is 11.8 Å². The van der Waals surface area contributed by atoms with Crippen molar-refractivity contribution in [2.45, 2.75) is 20.5 Å². The zero-order valence-electron chi connectivity index (χ0n) is 16.3. The van der Waals surface area contributed by atoms with E-state index in [1.807, 2.05) is 30.3 Å². The van der Waals surface area contributed by atoms with Crippen molar-refractivity contribution in [1.82, 2.24) is 24.9 Å². The molecule has 3 aromatic heterocycles. The summed E-state index contributed by atoms with van der Waals surface area (Å²) < 4.78 is 11.8. The largest absolute Gasteiger partial charge is 0.450 e. The summed E-state index contributed by atoms with van der Waals surface area (Å²) in [5.74, 6) is -1.41. The molecule has 0 spiro atoms. The van der Waals surface area contributed by atoms with Gasteiger partial charge >= 0.3 is 5.97 Å². The Bertz CT molecular complexity index is 1200. The van der Waals surface area contributed by atoms with Gasteiger partial charge in [-0.05, 0) is 38.1 Å². The van der Waals surface area contributed by atoms with Crippen LogP contribution in [0.3, 0.4) is 0 Å². The molecular weight excluding hydrogens is 386 g/mol. The predicted octanol–water partition coefficient (Wildman–Crippen LogP) is 2.86. The summed E-state index contributed by atoms with van der Waals surface area (Å²) in [6, 6.07) is 12.9. The van der Waals surface area contributed by atoms with E-state index in [9.17, 15) is 9.59 Å². The van der Waals surface area contributed by atoms with E-state index >= 15 is 0 Å². The summed E-state index contributed by atoms with van der Waals surface area (Å²) in [6.07, 6.45) is 3.21. The molecule has 9 nitrogen and oxygen atoms in total. The first-order valence-corrected chi connectivity index (χ1v) is 9.10. The number of nitrogens with zero attached hydrogens (tertiary/aromatic N) is 5. The van der Waals surface area contributed by atoms with Crippen molar-refractivity contribution in [3.63, 3.8) is 0 Å². The van der Waals surface area contributed by atoms with Gasteiger partial charge in [-0.15, -0.1) is 0 Å². The van der Waals surface area contributed by atoms with Crippen LogP contribution in [-0.2, 0) is 16.1 Å². The normalized spacial score (nSPS) is 10.7. The number of hydrogen-bond donors (Lipinski definition) is 0. The lowest BCUT2D eigenvalue weighted by molar-refractivity contribution is -0.140. The van der Waals surface area contributed by atoms with E-state index in [-0.39, 0.29) is 18.1 Å². The number of pyridine rings is 1. The Morgan fingerprint density at radius 2 is 1.90 bits per heavy atom. The van der Waals surface area contributed by atoms with Gasteiger partial charge in [-0.2, -0.15) is 10.1 Å². The van der Waals surface area contributed by atoms with Gasteiger partial charge in [0.2, 0.25) is 5.82 Å². The summed E-state index contributed by atoms with van der Waals surface area (Å²) in [5.41, 5.74) is 2.66. The van der Waals surface area contributed by atoms with Crippen LogP contribution in [0.15, 0.2) is 59.4 Å². The van der Waals surface area contributed by atoms with Crippen LogP contribution < -0.4 is 0 Å². The third-order valence-electron chi connectivity index (χ3n) is 4.42. The lowest BCUT2D eigenvalue weighted by Crippen LogP contribution is -2.19. The Balaban J connectivity index is 1.47. The molecule has 4 aromatic rings. The number of ketones is 1. The summed E-state index contributed by atoms with van der Waals surface area (Å²) in [5, 5.41) is 8.20. The van der Waals surface area contributed by atoms with Crippen LogP contribution >= 0.6 is 0 Å². The second-order valence-electron chi connectivity index (χ2n) is 6.45. The van der Waals surface area contributed by atoms with Gasteiger partial charge < -0.3 is 9.26 Å².